The number of carbonyl (C=O) groups excluding carboxylic acids is 1. The highest BCUT2D eigenvalue weighted by atomic mass is 32.1. The minimum Gasteiger partial charge on any atom is -0.497 e. The van der Waals surface area contributed by atoms with Crippen molar-refractivity contribution >= 4 is 17.4 Å². The lowest BCUT2D eigenvalue weighted by Gasteiger charge is -2.21. The van der Waals surface area contributed by atoms with Crippen LogP contribution in [0.15, 0.2) is 60.1 Å². The van der Waals surface area contributed by atoms with E-state index in [2.05, 4.69) is 29.5 Å². The van der Waals surface area contributed by atoms with Gasteiger partial charge in [0.25, 0.3) is 0 Å². The molecule has 2 heterocycles. The second kappa shape index (κ2) is 9.93. The number of amides is 2. The van der Waals surface area contributed by atoms with E-state index in [4.69, 9.17) is 9.47 Å². The Bertz CT molecular complexity index is 911. The van der Waals surface area contributed by atoms with E-state index in [9.17, 15) is 4.79 Å². The van der Waals surface area contributed by atoms with Crippen LogP contribution in [0.25, 0.3) is 0 Å². The number of ether oxygens (including phenoxy) is 2. The zero-order chi connectivity index (χ0) is 20.6. The fraction of sp³-hybridized carbons (Fsp3) is 0.273. The number of hydrogen-bond donors (Lipinski definition) is 2. The van der Waals surface area contributed by atoms with Gasteiger partial charge >= 0.3 is 6.03 Å². The van der Waals surface area contributed by atoms with E-state index in [1.54, 1.807) is 36.8 Å². The van der Waals surface area contributed by atoms with E-state index < -0.39 is 0 Å². The summed E-state index contributed by atoms with van der Waals surface area (Å²) < 4.78 is 10.9. The van der Waals surface area contributed by atoms with Gasteiger partial charge in [0.05, 0.1) is 13.2 Å². The largest absolute Gasteiger partial charge is 0.497 e. The van der Waals surface area contributed by atoms with E-state index in [0.29, 0.717) is 24.1 Å². The number of aromatic nitrogens is 1. The third-order valence-electron chi connectivity index (χ3n) is 4.32. The van der Waals surface area contributed by atoms with Gasteiger partial charge in [0, 0.05) is 29.8 Å². The average Bonchev–Trinajstić information content (AvgIpc) is 3.26. The van der Waals surface area contributed by atoms with Crippen molar-refractivity contribution in [3.8, 4) is 17.4 Å². The van der Waals surface area contributed by atoms with Crippen molar-refractivity contribution in [3.05, 3.63) is 70.5 Å². The van der Waals surface area contributed by atoms with Crippen molar-refractivity contribution in [1.29, 1.82) is 0 Å². The molecular formula is C22H25N3O3S. The Balaban J connectivity index is 1.52. The van der Waals surface area contributed by atoms with Gasteiger partial charge in [-0.2, -0.15) is 0 Å². The summed E-state index contributed by atoms with van der Waals surface area (Å²) in [6.07, 6.45) is 1.69. The number of nitrogens with one attached hydrogen (secondary N) is 2. The van der Waals surface area contributed by atoms with Gasteiger partial charge in [0.2, 0.25) is 5.88 Å². The molecule has 0 aliphatic rings. The molecule has 1 unspecified atom stereocenters. The summed E-state index contributed by atoms with van der Waals surface area (Å²) in [4.78, 5) is 17.8. The van der Waals surface area contributed by atoms with Crippen LogP contribution in [0.3, 0.4) is 0 Å². The molecular weight excluding hydrogens is 386 g/mol. The summed E-state index contributed by atoms with van der Waals surface area (Å²) in [6, 6.07) is 14.8. The standard InChI is InChI=1S/C22H25N3O3S/c1-15(2)21(19-8-5-11-29-19)25-22(26)24-14-16-9-10-20(23-13-16)28-18-7-4-6-17(12-18)27-3/h4-13,15,21H,14H2,1-3H3,(H2,24,25,26). The second-order valence-corrected chi connectivity index (χ2v) is 7.83. The molecule has 0 aliphatic carbocycles. The van der Waals surface area contributed by atoms with Crippen LogP contribution in [-0.2, 0) is 6.54 Å². The van der Waals surface area contributed by atoms with E-state index >= 15 is 0 Å². The molecule has 0 radical (unpaired) electrons. The number of rotatable bonds is 8. The number of carbonyl (C=O) groups is 1. The molecule has 3 rings (SSSR count). The normalized spacial score (nSPS) is 11.7. The Morgan fingerprint density at radius 3 is 2.62 bits per heavy atom. The first kappa shape index (κ1) is 20.7. The Labute approximate surface area is 174 Å². The van der Waals surface area contributed by atoms with E-state index in [1.807, 2.05) is 41.8 Å². The zero-order valence-corrected chi connectivity index (χ0v) is 17.5. The summed E-state index contributed by atoms with van der Waals surface area (Å²) >= 11 is 1.65. The fourth-order valence-electron chi connectivity index (χ4n) is 2.77. The Morgan fingerprint density at radius 1 is 1.14 bits per heavy atom. The number of hydrogen-bond acceptors (Lipinski definition) is 5. The van der Waals surface area contributed by atoms with Gasteiger partial charge in [-0.05, 0) is 35.1 Å². The van der Waals surface area contributed by atoms with E-state index in [0.717, 1.165) is 16.2 Å². The number of pyridine rings is 1. The van der Waals surface area contributed by atoms with Crippen LogP contribution >= 0.6 is 11.3 Å². The van der Waals surface area contributed by atoms with Crippen LogP contribution in [0.1, 0.15) is 30.3 Å². The highest BCUT2D eigenvalue weighted by molar-refractivity contribution is 7.10. The quantitative estimate of drug-likeness (QED) is 0.538. The molecule has 0 bridgehead atoms. The van der Waals surface area contributed by atoms with Crippen LogP contribution in [0.4, 0.5) is 4.79 Å². The summed E-state index contributed by atoms with van der Waals surface area (Å²) in [5.41, 5.74) is 0.885. The predicted molar refractivity (Wildman–Crippen MR) is 115 cm³/mol. The molecule has 3 aromatic rings. The first-order valence-electron chi connectivity index (χ1n) is 9.39. The maximum absolute atomic E-state index is 12.3. The van der Waals surface area contributed by atoms with Crippen LogP contribution in [0.5, 0.6) is 17.4 Å². The van der Waals surface area contributed by atoms with Crippen molar-refractivity contribution in [1.82, 2.24) is 15.6 Å². The first-order valence-corrected chi connectivity index (χ1v) is 10.3. The molecule has 2 amide bonds. The van der Waals surface area contributed by atoms with Crippen LogP contribution in [0, 0.1) is 5.92 Å². The molecule has 2 aromatic heterocycles. The number of methoxy groups -OCH3 is 1. The Kier molecular flexibility index (Phi) is 7.08. The molecule has 2 N–H and O–H groups in total. The maximum atomic E-state index is 12.3. The highest BCUT2D eigenvalue weighted by Gasteiger charge is 2.19. The lowest BCUT2D eigenvalue weighted by Crippen LogP contribution is -2.39. The molecule has 0 fully saturated rings. The topological polar surface area (TPSA) is 72.5 Å². The van der Waals surface area contributed by atoms with Crippen LogP contribution < -0.4 is 20.1 Å². The zero-order valence-electron chi connectivity index (χ0n) is 16.7. The number of nitrogens with zero attached hydrogens (tertiary/aromatic N) is 1. The molecule has 0 saturated heterocycles. The minimum absolute atomic E-state index is 0.00763. The SMILES string of the molecule is COc1cccc(Oc2ccc(CNC(=O)NC(c3cccs3)C(C)C)cn2)c1. The van der Waals surface area contributed by atoms with Gasteiger partial charge < -0.3 is 20.1 Å². The number of benzene rings is 1. The van der Waals surface area contributed by atoms with E-state index in [-0.39, 0.29) is 12.1 Å². The molecule has 152 valence electrons. The van der Waals surface area contributed by atoms with Crippen molar-refractivity contribution in [2.45, 2.75) is 26.4 Å². The van der Waals surface area contributed by atoms with Crippen LogP contribution in [-0.4, -0.2) is 18.1 Å². The molecule has 29 heavy (non-hydrogen) atoms. The van der Waals surface area contributed by atoms with Crippen molar-refractivity contribution in [3.63, 3.8) is 0 Å². The summed E-state index contributed by atoms with van der Waals surface area (Å²) in [5.74, 6) is 2.14. The van der Waals surface area contributed by atoms with Crippen molar-refractivity contribution in [2.24, 2.45) is 5.92 Å². The number of thiophene rings is 1. The molecule has 0 spiro atoms. The van der Waals surface area contributed by atoms with Gasteiger partial charge in [-0.1, -0.05) is 32.0 Å². The number of urea groups is 1. The highest BCUT2D eigenvalue weighted by Crippen LogP contribution is 2.26. The van der Waals surface area contributed by atoms with Crippen molar-refractivity contribution in [2.75, 3.05) is 7.11 Å². The summed E-state index contributed by atoms with van der Waals surface area (Å²) in [7, 11) is 1.61. The molecule has 1 aromatic carbocycles. The van der Waals surface area contributed by atoms with Gasteiger partial charge in [0.1, 0.15) is 11.5 Å². The summed E-state index contributed by atoms with van der Waals surface area (Å²) in [5, 5.41) is 7.95. The van der Waals surface area contributed by atoms with Crippen molar-refractivity contribution < 1.29 is 14.3 Å². The molecule has 0 saturated carbocycles. The second-order valence-electron chi connectivity index (χ2n) is 6.85. The maximum Gasteiger partial charge on any atom is 0.315 e. The summed E-state index contributed by atoms with van der Waals surface area (Å²) in [6.45, 7) is 4.57. The van der Waals surface area contributed by atoms with Gasteiger partial charge in [-0.3, -0.25) is 0 Å². The molecule has 0 aliphatic heterocycles. The first-order chi connectivity index (χ1) is 14.0. The Morgan fingerprint density at radius 2 is 1.97 bits per heavy atom. The van der Waals surface area contributed by atoms with E-state index in [1.165, 1.54) is 0 Å². The third kappa shape index (κ3) is 5.96. The predicted octanol–water partition coefficient (Wildman–Crippen LogP) is 5.14. The lowest BCUT2D eigenvalue weighted by atomic mass is 10.0. The minimum atomic E-state index is -0.200. The molecule has 1 atom stereocenters. The fourth-order valence-corrected chi connectivity index (χ4v) is 3.72. The average molecular weight is 412 g/mol. The molecule has 7 heteroatoms. The Hall–Kier alpha value is -3.06. The third-order valence-corrected chi connectivity index (χ3v) is 5.27. The van der Waals surface area contributed by atoms with Gasteiger partial charge in [-0.15, -0.1) is 11.3 Å². The smallest absolute Gasteiger partial charge is 0.315 e. The lowest BCUT2D eigenvalue weighted by molar-refractivity contribution is 0.233. The monoisotopic (exact) mass is 411 g/mol. The van der Waals surface area contributed by atoms with Gasteiger partial charge in [0.15, 0.2) is 0 Å². The molecule has 6 nitrogen and oxygen atoms in total. The van der Waals surface area contributed by atoms with Gasteiger partial charge in [-0.25, -0.2) is 9.78 Å². The van der Waals surface area contributed by atoms with Crippen LogP contribution in [0.2, 0.25) is 0 Å².